The number of aromatic nitrogens is 2. The zero-order valence-corrected chi connectivity index (χ0v) is 14.9. The van der Waals surface area contributed by atoms with Gasteiger partial charge in [0.15, 0.2) is 0 Å². The topological polar surface area (TPSA) is 88.6 Å². The summed E-state index contributed by atoms with van der Waals surface area (Å²) in [6.45, 7) is 0.358. The van der Waals surface area contributed by atoms with Crippen LogP contribution in [0.1, 0.15) is 11.3 Å². The minimum Gasteiger partial charge on any atom is -0.467 e. The summed E-state index contributed by atoms with van der Waals surface area (Å²) in [7, 11) is 0. The van der Waals surface area contributed by atoms with E-state index in [2.05, 4.69) is 15.6 Å². The van der Waals surface area contributed by atoms with Gasteiger partial charge in [-0.1, -0.05) is 30.0 Å². The van der Waals surface area contributed by atoms with E-state index in [0.29, 0.717) is 33.0 Å². The summed E-state index contributed by atoms with van der Waals surface area (Å²) in [5.74, 6) is 0.749. The van der Waals surface area contributed by atoms with Crippen LogP contribution in [-0.2, 0) is 11.3 Å². The first-order valence-electron chi connectivity index (χ1n) is 7.64. The lowest BCUT2D eigenvalue weighted by atomic mass is 10.2. The van der Waals surface area contributed by atoms with Crippen molar-refractivity contribution >= 4 is 51.7 Å². The summed E-state index contributed by atoms with van der Waals surface area (Å²) in [5.41, 5.74) is 0.500. The third kappa shape index (κ3) is 3.14. The maximum Gasteiger partial charge on any atom is 0.267 e. The van der Waals surface area contributed by atoms with Crippen LogP contribution >= 0.6 is 24.0 Å². The van der Waals surface area contributed by atoms with E-state index in [0.717, 1.165) is 11.8 Å². The van der Waals surface area contributed by atoms with Gasteiger partial charge in [-0.25, -0.2) is 4.98 Å². The number of amides is 1. The quantitative estimate of drug-likeness (QED) is 0.527. The molecule has 26 heavy (non-hydrogen) atoms. The minimum atomic E-state index is -0.324. The van der Waals surface area contributed by atoms with Crippen molar-refractivity contribution in [3.05, 3.63) is 69.4 Å². The average Bonchev–Trinajstić information content (AvgIpc) is 3.25. The fourth-order valence-corrected chi connectivity index (χ4v) is 3.53. The van der Waals surface area contributed by atoms with Crippen LogP contribution in [0.5, 0.6) is 0 Å². The molecule has 7 nitrogen and oxygen atoms in total. The molecule has 0 radical (unpaired) electrons. The number of nitrogens with one attached hydrogen (secondary N) is 2. The molecule has 0 bridgehead atoms. The SMILES string of the molecule is O=C1NC(=S)SC1=Cc1c(NCc2ccco2)nc2ccccn2c1=O. The highest BCUT2D eigenvalue weighted by Crippen LogP contribution is 2.27. The maximum atomic E-state index is 12.9. The Hall–Kier alpha value is -2.91. The largest absolute Gasteiger partial charge is 0.467 e. The lowest BCUT2D eigenvalue weighted by Gasteiger charge is -2.10. The smallest absolute Gasteiger partial charge is 0.267 e. The van der Waals surface area contributed by atoms with Gasteiger partial charge in [-0.05, 0) is 30.3 Å². The summed E-state index contributed by atoms with van der Waals surface area (Å²) in [4.78, 5) is 29.8. The molecule has 1 fully saturated rings. The average molecular weight is 384 g/mol. The van der Waals surface area contributed by atoms with Crippen LogP contribution in [0.3, 0.4) is 0 Å². The number of rotatable bonds is 4. The molecule has 3 aromatic rings. The van der Waals surface area contributed by atoms with Crippen molar-refractivity contribution in [2.24, 2.45) is 0 Å². The first-order valence-corrected chi connectivity index (χ1v) is 8.87. The van der Waals surface area contributed by atoms with Crippen LogP contribution in [0, 0.1) is 0 Å². The monoisotopic (exact) mass is 384 g/mol. The Balaban J connectivity index is 1.82. The molecule has 4 heterocycles. The number of anilines is 1. The van der Waals surface area contributed by atoms with Crippen molar-refractivity contribution in [2.45, 2.75) is 6.54 Å². The van der Waals surface area contributed by atoms with Gasteiger partial charge in [0.05, 0.1) is 23.3 Å². The second kappa shape index (κ2) is 6.77. The van der Waals surface area contributed by atoms with Crippen molar-refractivity contribution in [1.82, 2.24) is 14.7 Å². The predicted octanol–water partition coefficient (Wildman–Crippen LogP) is 2.39. The van der Waals surface area contributed by atoms with E-state index in [1.807, 2.05) is 6.07 Å². The highest BCUT2D eigenvalue weighted by Gasteiger charge is 2.23. The third-order valence-corrected chi connectivity index (χ3v) is 4.86. The summed E-state index contributed by atoms with van der Waals surface area (Å²) >= 11 is 6.12. The van der Waals surface area contributed by atoms with Gasteiger partial charge in [-0.3, -0.25) is 14.0 Å². The molecule has 3 aromatic heterocycles. The number of pyridine rings is 1. The Morgan fingerprint density at radius 3 is 2.92 bits per heavy atom. The van der Waals surface area contributed by atoms with Crippen LogP contribution in [0.25, 0.3) is 11.7 Å². The molecule has 1 aliphatic heterocycles. The van der Waals surface area contributed by atoms with Gasteiger partial charge in [0.1, 0.15) is 21.5 Å². The fraction of sp³-hybridized carbons (Fsp3) is 0.0588. The van der Waals surface area contributed by atoms with Gasteiger partial charge in [0.2, 0.25) is 0 Å². The van der Waals surface area contributed by atoms with Crippen molar-refractivity contribution in [2.75, 3.05) is 5.32 Å². The molecule has 0 unspecified atom stereocenters. The van der Waals surface area contributed by atoms with Crippen LogP contribution in [-0.4, -0.2) is 19.6 Å². The number of carbonyl (C=O) groups is 1. The zero-order valence-electron chi connectivity index (χ0n) is 13.3. The van der Waals surface area contributed by atoms with Crippen LogP contribution < -0.4 is 16.2 Å². The van der Waals surface area contributed by atoms with Gasteiger partial charge in [-0.15, -0.1) is 0 Å². The van der Waals surface area contributed by atoms with Gasteiger partial charge >= 0.3 is 0 Å². The van der Waals surface area contributed by atoms with Crippen molar-refractivity contribution in [3.8, 4) is 0 Å². The minimum absolute atomic E-state index is 0.280. The second-order valence-corrected chi connectivity index (χ2v) is 7.11. The Bertz CT molecular complexity index is 1100. The van der Waals surface area contributed by atoms with Gasteiger partial charge in [0, 0.05) is 6.20 Å². The molecule has 4 rings (SSSR count). The molecule has 9 heteroatoms. The van der Waals surface area contributed by atoms with E-state index >= 15 is 0 Å². The standard InChI is InChI=1S/C17H12N4O3S2/c22-15-12(26-17(25)20-15)8-11-14(18-9-10-4-3-7-24-10)19-13-5-1-2-6-21(13)16(11)23/h1-8,18H,9H2,(H,20,22,25). The van der Waals surface area contributed by atoms with Crippen LogP contribution in [0.15, 0.2) is 56.9 Å². The number of thioether (sulfide) groups is 1. The molecule has 0 aromatic carbocycles. The van der Waals surface area contributed by atoms with E-state index in [-0.39, 0.29) is 17.0 Å². The first-order chi connectivity index (χ1) is 12.6. The Morgan fingerprint density at radius 2 is 2.19 bits per heavy atom. The van der Waals surface area contributed by atoms with Crippen molar-refractivity contribution < 1.29 is 9.21 Å². The molecule has 0 spiro atoms. The second-order valence-electron chi connectivity index (χ2n) is 5.39. The zero-order chi connectivity index (χ0) is 18.1. The van der Waals surface area contributed by atoms with E-state index in [4.69, 9.17) is 16.6 Å². The number of hydrogen-bond donors (Lipinski definition) is 2. The number of nitrogens with zero attached hydrogens (tertiary/aromatic N) is 2. The molecule has 0 saturated carbocycles. The van der Waals surface area contributed by atoms with Crippen molar-refractivity contribution in [1.29, 1.82) is 0 Å². The molecular weight excluding hydrogens is 372 g/mol. The van der Waals surface area contributed by atoms with Crippen molar-refractivity contribution in [3.63, 3.8) is 0 Å². The van der Waals surface area contributed by atoms with Crippen LogP contribution in [0.2, 0.25) is 0 Å². The Labute approximate surface area is 157 Å². The van der Waals surface area contributed by atoms with Crippen LogP contribution in [0.4, 0.5) is 5.82 Å². The van der Waals surface area contributed by atoms with E-state index in [1.165, 1.54) is 10.5 Å². The number of hydrogen-bond acceptors (Lipinski definition) is 7. The normalized spacial score (nSPS) is 15.6. The van der Waals surface area contributed by atoms with E-state index < -0.39 is 0 Å². The van der Waals surface area contributed by atoms with Gasteiger partial charge in [-0.2, -0.15) is 0 Å². The summed E-state index contributed by atoms with van der Waals surface area (Å²) < 4.78 is 7.10. The summed E-state index contributed by atoms with van der Waals surface area (Å²) in [6.07, 6.45) is 4.72. The molecule has 2 N–H and O–H groups in total. The van der Waals surface area contributed by atoms with E-state index in [1.54, 1.807) is 36.7 Å². The predicted molar refractivity (Wildman–Crippen MR) is 104 cm³/mol. The number of thiocarbonyl (C=S) groups is 1. The first kappa shape index (κ1) is 16.6. The molecule has 1 saturated heterocycles. The number of fused-ring (bicyclic) bond motifs is 1. The highest BCUT2D eigenvalue weighted by atomic mass is 32.2. The lowest BCUT2D eigenvalue weighted by Crippen LogP contribution is -2.21. The number of furan rings is 1. The Morgan fingerprint density at radius 1 is 1.31 bits per heavy atom. The van der Waals surface area contributed by atoms with E-state index in [9.17, 15) is 9.59 Å². The number of carbonyl (C=O) groups excluding carboxylic acids is 1. The highest BCUT2D eigenvalue weighted by molar-refractivity contribution is 8.26. The maximum absolute atomic E-state index is 12.9. The summed E-state index contributed by atoms with van der Waals surface area (Å²) in [5, 5.41) is 5.65. The molecule has 0 atom stereocenters. The molecular formula is C17H12N4O3S2. The lowest BCUT2D eigenvalue weighted by molar-refractivity contribution is -0.115. The molecule has 0 aliphatic carbocycles. The Kier molecular flexibility index (Phi) is 4.31. The van der Waals surface area contributed by atoms with Gasteiger partial charge < -0.3 is 15.1 Å². The van der Waals surface area contributed by atoms with Gasteiger partial charge in [0.25, 0.3) is 11.5 Å². The molecule has 1 amide bonds. The molecule has 130 valence electrons. The fourth-order valence-electron chi connectivity index (χ4n) is 2.50. The molecule has 1 aliphatic rings. The third-order valence-electron chi connectivity index (χ3n) is 3.70. The summed E-state index contributed by atoms with van der Waals surface area (Å²) in [6, 6.07) is 8.88.